The molecule has 1 heterocycles. The van der Waals surface area contributed by atoms with Gasteiger partial charge in [0, 0.05) is 18.2 Å². The highest BCUT2D eigenvalue weighted by atomic mass is 16.3. The summed E-state index contributed by atoms with van der Waals surface area (Å²) in [6.07, 6.45) is 4.23. The average molecular weight is 252 g/mol. The van der Waals surface area contributed by atoms with Crippen LogP contribution < -0.4 is 5.32 Å². The number of nitrogens with one attached hydrogen (secondary N) is 1. The Kier molecular flexibility index (Phi) is 7.06. The van der Waals surface area contributed by atoms with E-state index in [1.807, 2.05) is 6.26 Å². The van der Waals surface area contributed by atoms with Crippen molar-refractivity contribution in [3.63, 3.8) is 0 Å². The van der Waals surface area contributed by atoms with Crippen molar-refractivity contribution in [2.45, 2.75) is 59.7 Å². The Morgan fingerprint density at radius 2 is 2.11 bits per heavy atom. The van der Waals surface area contributed by atoms with Crippen molar-refractivity contribution < 1.29 is 4.42 Å². The summed E-state index contributed by atoms with van der Waals surface area (Å²) in [4.78, 5) is 2.45. The molecule has 1 atom stereocenters. The summed E-state index contributed by atoms with van der Waals surface area (Å²) in [6.45, 7) is 12.9. The van der Waals surface area contributed by atoms with Crippen LogP contribution >= 0.6 is 0 Å². The topological polar surface area (TPSA) is 28.4 Å². The second kappa shape index (κ2) is 8.33. The molecule has 0 bridgehead atoms. The molecular formula is C15H28N2O. The molecular weight excluding hydrogens is 224 g/mol. The van der Waals surface area contributed by atoms with Crippen LogP contribution in [0.4, 0.5) is 0 Å². The fourth-order valence-corrected chi connectivity index (χ4v) is 2.05. The van der Waals surface area contributed by atoms with Crippen LogP contribution in [0, 0.1) is 0 Å². The molecule has 0 aliphatic heterocycles. The molecule has 0 aromatic carbocycles. The van der Waals surface area contributed by atoms with E-state index in [4.69, 9.17) is 4.42 Å². The summed E-state index contributed by atoms with van der Waals surface area (Å²) >= 11 is 0. The minimum atomic E-state index is 0.613. The van der Waals surface area contributed by atoms with Crippen LogP contribution in [0.5, 0.6) is 0 Å². The Morgan fingerprint density at radius 1 is 1.33 bits per heavy atom. The summed E-state index contributed by atoms with van der Waals surface area (Å²) in [6, 6.07) is 2.79. The molecule has 1 rings (SSSR count). The molecule has 1 aromatic heterocycles. The average Bonchev–Trinajstić information content (AvgIpc) is 2.83. The zero-order valence-electron chi connectivity index (χ0n) is 12.3. The first-order valence-corrected chi connectivity index (χ1v) is 7.22. The van der Waals surface area contributed by atoms with Gasteiger partial charge in [0.05, 0.1) is 12.8 Å². The zero-order valence-corrected chi connectivity index (χ0v) is 12.3. The quantitative estimate of drug-likeness (QED) is 0.683. The Hall–Kier alpha value is -0.800. The molecule has 0 saturated heterocycles. The Bertz CT molecular complexity index is 322. The number of rotatable bonds is 9. The van der Waals surface area contributed by atoms with Crippen molar-refractivity contribution in [1.29, 1.82) is 0 Å². The fourth-order valence-electron chi connectivity index (χ4n) is 2.05. The van der Waals surface area contributed by atoms with E-state index in [0.717, 1.165) is 31.9 Å². The van der Waals surface area contributed by atoms with Crippen LogP contribution in [0.2, 0.25) is 0 Å². The highest BCUT2D eigenvalue weighted by molar-refractivity contribution is 5.12. The smallest absolute Gasteiger partial charge is 0.118 e. The Balaban J connectivity index is 2.46. The Morgan fingerprint density at radius 3 is 2.72 bits per heavy atom. The number of hydrogen-bond acceptors (Lipinski definition) is 3. The van der Waals surface area contributed by atoms with Gasteiger partial charge >= 0.3 is 0 Å². The lowest BCUT2D eigenvalue weighted by Gasteiger charge is -2.25. The minimum Gasteiger partial charge on any atom is -0.468 e. The maximum Gasteiger partial charge on any atom is 0.118 e. The fraction of sp³-hybridized carbons (Fsp3) is 0.733. The van der Waals surface area contributed by atoms with E-state index in [-0.39, 0.29) is 0 Å². The molecule has 3 heteroatoms. The molecule has 0 radical (unpaired) electrons. The molecule has 104 valence electrons. The summed E-state index contributed by atoms with van der Waals surface area (Å²) in [5.74, 6) is 1.07. The molecule has 3 nitrogen and oxygen atoms in total. The van der Waals surface area contributed by atoms with Crippen LogP contribution in [-0.4, -0.2) is 24.0 Å². The van der Waals surface area contributed by atoms with Crippen LogP contribution in [0.1, 0.15) is 51.9 Å². The number of furan rings is 1. The highest BCUT2D eigenvalue weighted by Gasteiger charge is 2.12. The van der Waals surface area contributed by atoms with Crippen molar-refractivity contribution in [1.82, 2.24) is 10.2 Å². The first kappa shape index (κ1) is 15.3. The van der Waals surface area contributed by atoms with Crippen LogP contribution in [0.25, 0.3) is 0 Å². The van der Waals surface area contributed by atoms with Crippen molar-refractivity contribution >= 4 is 0 Å². The minimum absolute atomic E-state index is 0.613. The van der Waals surface area contributed by atoms with E-state index in [1.54, 1.807) is 0 Å². The van der Waals surface area contributed by atoms with Gasteiger partial charge < -0.3 is 9.73 Å². The van der Waals surface area contributed by atoms with Gasteiger partial charge in [0.1, 0.15) is 5.76 Å². The predicted octanol–water partition coefficient (Wildman–Crippen LogP) is 3.40. The van der Waals surface area contributed by atoms with Crippen molar-refractivity contribution in [3.05, 3.63) is 23.7 Å². The molecule has 1 N–H and O–H groups in total. The molecule has 1 unspecified atom stereocenters. The van der Waals surface area contributed by atoms with Gasteiger partial charge in [-0.3, -0.25) is 4.90 Å². The standard InChI is InChI=1S/C15H28N2O/c1-5-8-16-10-14-9-15(18-12-14)11-17(7-3)13(4)6-2/h9,12-13,16H,5-8,10-11H2,1-4H3. The first-order chi connectivity index (χ1) is 8.71. The van der Waals surface area contributed by atoms with Gasteiger partial charge in [0.2, 0.25) is 0 Å². The van der Waals surface area contributed by atoms with Gasteiger partial charge in [-0.15, -0.1) is 0 Å². The maximum atomic E-state index is 5.64. The number of hydrogen-bond donors (Lipinski definition) is 1. The molecule has 0 spiro atoms. The second-order valence-corrected chi connectivity index (χ2v) is 4.92. The molecule has 0 amide bonds. The monoisotopic (exact) mass is 252 g/mol. The lowest BCUT2D eigenvalue weighted by atomic mass is 10.2. The zero-order chi connectivity index (χ0) is 13.4. The van der Waals surface area contributed by atoms with E-state index in [0.29, 0.717) is 6.04 Å². The molecule has 0 fully saturated rings. The van der Waals surface area contributed by atoms with E-state index in [9.17, 15) is 0 Å². The second-order valence-electron chi connectivity index (χ2n) is 4.92. The largest absolute Gasteiger partial charge is 0.468 e. The van der Waals surface area contributed by atoms with Gasteiger partial charge in [-0.2, -0.15) is 0 Å². The predicted molar refractivity (Wildman–Crippen MR) is 76.5 cm³/mol. The summed E-state index contributed by atoms with van der Waals surface area (Å²) < 4.78 is 5.64. The molecule has 18 heavy (non-hydrogen) atoms. The third kappa shape index (κ3) is 4.83. The summed E-state index contributed by atoms with van der Waals surface area (Å²) in [5.41, 5.74) is 1.25. The lowest BCUT2D eigenvalue weighted by molar-refractivity contribution is 0.190. The van der Waals surface area contributed by atoms with Crippen molar-refractivity contribution in [2.24, 2.45) is 0 Å². The third-order valence-corrected chi connectivity index (χ3v) is 3.44. The molecule has 0 aliphatic carbocycles. The van der Waals surface area contributed by atoms with Crippen molar-refractivity contribution in [3.8, 4) is 0 Å². The maximum absolute atomic E-state index is 5.64. The lowest BCUT2D eigenvalue weighted by Crippen LogP contribution is -2.31. The van der Waals surface area contributed by atoms with Crippen LogP contribution in [0.15, 0.2) is 16.7 Å². The highest BCUT2D eigenvalue weighted by Crippen LogP contribution is 2.13. The molecule has 0 saturated carbocycles. The SMILES string of the molecule is CCCNCc1coc(CN(CC)C(C)CC)c1. The van der Waals surface area contributed by atoms with Gasteiger partial charge in [0.15, 0.2) is 0 Å². The molecule has 0 aliphatic rings. The normalized spacial score (nSPS) is 13.2. The van der Waals surface area contributed by atoms with E-state index < -0.39 is 0 Å². The first-order valence-electron chi connectivity index (χ1n) is 7.22. The van der Waals surface area contributed by atoms with E-state index in [1.165, 1.54) is 18.4 Å². The van der Waals surface area contributed by atoms with E-state index in [2.05, 4.69) is 44.0 Å². The van der Waals surface area contributed by atoms with Gasteiger partial charge in [0.25, 0.3) is 0 Å². The van der Waals surface area contributed by atoms with Crippen LogP contribution in [0.3, 0.4) is 0 Å². The van der Waals surface area contributed by atoms with Gasteiger partial charge in [-0.1, -0.05) is 20.8 Å². The van der Waals surface area contributed by atoms with Crippen LogP contribution in [-0.2, 0) is 13.1 Å². The van der Waals surface area contributed by atoms with E-state index >= 15 is 0 Å². The number of nitrogens with zero attached hydrogens (tertiary/aromatic N) is 1. The van der Waals surface area contributed by atoms with Gasteiger partial charge in [-0.25, -0.2) is 0 Å². The third-order valence-electron chi connectivity index (χ3n) is 3.44. The Labute approximate surface area is 112 Å². The summed E-state index contributed by atoms with van der Waals surface area (Å²) in [5, 5.41) is 3.39. The molecule has 1 aromatic rings. The van der Waals surface area contributed by atoms with Crippen molar-refractivity contribution in [2.75, 3.05) is 13.1 Å². The van der Waals surface area contributed by atoms with Gasteiger partial charge in [-0.05, 0) is 38.9 Å². The summed E-state index contributed by atoms with van der Waals surface area (Å²) in [7, 11) is 0.